The average Bonchev–Trinajstić information content (AvgIpc) is 2.71. The number of ether oxygens (including phenoxy) is 1. The number of hydrogen-bond donors (Lipinski definition) is 2. The van der Waals surface area contributed by atoms with Crippen molar-refractivity contribution in [1.29, 1.82) is 0 Å². The molecule has 0 saturated carbocycles. The zero-order chi connectivity index (χ0) is 19.9. The Morgan fingerprint density at radius 3 is 2.32 bits per heavy atom. The Kier molecular flexibility index (Phi) is 6.73. The van der Waals surface area contributed by atoms with Crippen LogP contribution >= 0.6 is 27.7 Å². The molecular weight excluding hydrogens is 440 g/mol. The Hall–Kier alpha value is -2.77. The first-order valence-corrected chi connectivity index (χ1v) is 9.95. The van der Waals surface area contributed by atoms with E-state index in [1.54, 1.807) is 30.3 Å². The van der Waals surface area contributed by atoms with Crippen LogP contribution < -0.4 is 10.6 Å². The zero-order valence-electron chi connectivity index (χ0n) is 14.9. The summed E-state index contributed by atoms with van der Waals surface area (Å²) in [6, 6.07) is 21.6. The van der Waals surface area contributed by atoms with E-state index in [0.29, 0.717) is 16.9 Å². The molecule has 0 heterocycles. The molecule has 0 unspecified atom stereocenters. The fraction of sp³-hybridized carbons (Fsp3) is 0.0476. The number of para-hydroxylation sites is 1. The number of esters is 1. The summed E-state index contributed by atoms with van der Waals surface area (Å²) in [5.41, 5.74) is 1.55. The number of anilines is 2. The minimum Gasteiger partial charge on any atom is -0.465 e. The maximum absolute atomic E-state index is 12.4. The summed E-state index contributed by atoms with van der Waals surface area (Å²) in [6.07, 6.45) is 0. The lowest BCUT2D eigenvalue weighted by molar-refractivity contribution is 0.0600. The first-order chi connectivity index (χ1) is 13.5. The topological polar surface area (TPSA) is 67.4 Å². The molecule has 0 aliphatic carbocycles. The molecule has 0 spiro atoms. The predicted molar refractivity (Wildman–Crippen MR) is 115 cm³/mol. The highest BCUT2D eigenvalue weighted by molar-refractivity contribution is 9.10. The molecule has 0 fully saturated rings. The van der Waals surface area contributed by atoms with Crippen molar-refractivity contribution in [3.05, 3.63) is 82.8 Å². The van der Waals surface area contributed by atoms with Crippen LogP contribution in [0.4, 0.5) is 16.2 Å². The van der Waals surface area contributed by atoms with Crippen LogP contribution in [0, 0.1) is 0 Å². The molecule has 0 aliphatic rings. The van der Waals surface area contributed by atoms with Gasteiger partial charge in [0.05, 0.1) is 18.4 Å². The van der Waals surface area contributed by atoms with E-state index in [-0.39, 0.29) is 0 Å². The first kappa shape index (κ1) is 20.0. The molecule has 0 saturated heterocycles. The predicted octanol–water partition coefficient (Wildman–Crippen LogP) is 6.03. The molecular formula is C21H17BrN2O3S. The van der Waals surface area contributed by atoms with Crippen LogP contribution in [0.5, 0.6) is 0 Å². The quantitative estimate of drug-likeness (QED) is 0.459. The number of rotatable bonds is 5. The third-order valence-corrected chi connectivity index (χ3v) is 5.33. The number of benzene rings is 3. The summed E-state index contributed by atoms with van der Waals surface area (Å²) in [5, 5.41) is 5.59. The molecule has 28 heavy (non-hydrogen) atoms. The van der Waals surface area contributed by atoms with Gasteiger partial charge in [0, 0.05) is 20.0 Å². The van der Waals surface area contributed by atoms with E-state index in [1.165, 1.54) is 18.9 Å². The fourth-order valence-corrected chi connectivity index (χ4v) is 3.54. The molecule has 3 aromatic carbocycles. The standard InChI is InChI=1S/C21H17BrN2O3S/c1-27-20(25)14-7-12-19(28-17-10-8-15(22)9-11-17)18(13-14)24-21(26)23-16-5-3-2-4-6-16/h2-13H,1H3,(H2,23,24,26). The van der Waals surface area contributed by atoms with Crippen molar-refractivity contribution >= 4 is 51.1 Å². The maximum Gasteiger partial charge on any atom is 0.337 e. The highest BCUT2D eigenvalue weighted by Crippen LogP contribution is 2.35. The monoisotopic (exact) mass is 456 g/mol. The molecule has 0 aromatic heterocycles. The van der Waals surface area contributed by atoms with Gasteiger partial charge in [-0.1, -0.05) is 45.9 Å². The molecule has 3 aromatic rings. The minimum absolute atomic E-state index is 0.359. The van der Waals surface area contributed by atoms with Crippen LogP contribution in [0.1, 0.15) is 10.4 Å². The van der Waals surface area contributed by atoms with Gasteiger partial charge >= 0.3 is 12.0 Å². The van der Waals surface area contributed by atoms with Crippen molar-refractivity contribution in [3.63, 3.8) is 0 Å². The lowest BCUT2D eigenvalue weighted by Gasteiger charge is -2.13. The van der Waals surface area contributed by atoms with E-state index >= 15 is 0 Å². The summed E-state index contributed by atoms with van der Waals surface area (Å²) in [5.74, 6) is -0.466. The van der Waals surface area contributed by atoms with Crippen LogP contribution in [-0.4, -0.2) is 19.1 Å². The molecule has 5 nitrogen and oxygen atoms in total. The number of carbonyl (C=O) groups is 2. The van der Waals surface area contributed by atoms with Gasteiger partial charge in [-0.3, -0.25) is 0 Å². The molecule has 0 aliphatic heterocycles. The molecule has 0 atom stereocenters. The van der Waals surface area contributed by atoms with Gasteiger partial charge in [0.1, 0.15) is 0 Å². The third kappa shape index (κ3) is 5.37. The summed E-state index contributed by atoms with van der Waals surface area (Å²) < 4.78 is 5.77. The van der Waals surface area contributed by atoms with E-state index in [4.69, 9.17) is 4.74 Å². The Balaban J connectivity index is 1.85. The van der Waals surface area contributed by atoms with Crippen LogP contribution in [-0.2, 0) is 4.74 Å². The van der Waals surface area contributed by atoms with Gasteiger partial charge in [0.2, 0.25) is 0 Å². The van der Waals surface area contributed by atoms with Crippen LogP contribution in [0.25, 0.3) is 0 Å². The highest BCUT2D eigenvalue weighted by Gasteiger charge is 2.13. The first-order valence-electron chi connectivity index (χ1n) is 8.34. The van der Waals surface area contributed by atoms with Crippen molar-refractivity contribution in [2.24, 2.45) is 0 Å². The van der Waals surface area contributed by atoms with E-state index in [9.17, 15) is 9.59 Å². The fourth-order valence-electron chi connectivity index (χ4n) is 2.40. The molecule has 0 bridgehead atoms. The minimum atomic E-state index is -0.466. The Labute approximate surface area is 175 Å². The average molecular weight is 457 g/mol. The second-order valence-electron chi connectivity index (χ2n) is 5.70. The number of methoxy groups -OCH3 is 1. The largest absolute Gasteiger partial charge is 0.465 e. The van der Waals surface area contributed by atoms with Crippen molar-refractivity contribution < 1.29 is 14.3 Å². The van der Waals surface area contributed by atoms with Crippen LogP contribution in [0.3, 0.4) is 0 Å². The van der Waals surface area contributed by atoms with Crippen LogP contribution in [0.15, 0.2) is 87.1 Å². The SMILES string of the molecule is COC(=O)c1ccc(Sc2ccc(Br)cc2)c(NC(=O)Nc2ccccc2)c1. The normalized spacial score (nSPS) is 10.2. The summed E-state index contributed by atoms with van der Waals surface area (Å²) in [4.78, 5) is 26.1. The van der Waals surface area contributed by atoms with Gasteiger partial charge in [0.25, 0.3) is 0 Å². The van der Waals surface area contributed by atoms with E-state index in [2.05, 4.69) is 26.6 Å². The molecule has 2 amide bonds. The van der Waals surface area contributed by atoms with E-state index in [0.717, 1.165) is 14.3 Å². The molecule has 2 N–H and O–H groups in total. The van der Waals surface area contributed by atoms with Gasteiger partial charge in [-0.05, 0) is 54.6 Å². The lowest BCUT2D eigenvalue weighted by Crippen LogP contribution is -2.20. The number of hydrogen-bond acceptors (Lipinski definition) is 4. The summed E-state index contributed by atoms with van der Waals surface area (Å²) >= 11 is 4.90. The van der Waals surface area contributed by atoms with Crippen LogP contribution in [0.2, 0.25) is 0 Å². The second-order valence-corrected chi connectivity index (χ2v) is 7.73. The lowest BCUT2D eigenvalue weighted by atomic mass is 10.2. The number of carbonyl (C=O) groups excluding carboxylic acids is 2. The van der Waals surface area contributed by atoms with Gasteiger partial charge in [-0.15, -0.1) is 0 Å². The Bertz CT molecular complexity index is 979. The number of halogens is 1. The van der Waals surface area contributed by atoms with Crippen molar-refractivity contribution in [2.75, 3.05) is 17.7 Å². The number of nitrogens with one attached hydrogen (secondary N) is 2. The molecule has 3 rings (SSSR count). The van der Waals surface area contributed by atoms with Crippen molar-refractivity contribution in [1.82, 2.24) is 0 Å². The third-order valence-electron chi connectivity index (χ3n) is 3.72. The van der Waals surface area contributed by atoms with Crippen molar-refractivity contribution in [3.8, 4) is 0 Å². The maximum atomic E-state index is 12.4. The van der Waals surface area contributed by atoms with Gasteiger partial charge in [-0.25, -0.2) is 9.59 Å². The summed E-state index contributed by atoms with van der Waals surface area (Å²) in [6.45, 7) is 0. The van der Waals surface area contributed by atoms with Gasteiger partial charge in [0.15, 0.2) is 0 Å². The second kappa shape index (κ2) is 9.43. The Morgan fingerprint density at radius 2 is 1.64 bits per heavy atom. The number of urea groups is 1. The molecule has 142 valence electrons. The summed E-state index contributed by atoms with van der Waals surface area (Å²) in [7, 11) is 1.32. The number of amides is 2. The Morgan fingerprint density at radius 1 is 0.929 bits per heavy atom. The molecule has 7 heteroatoms. The highest BCUT2D eigenvalue weighted by atomic mass is 79.9. The van der Waals surface area contributed by atoms with E-state index < -0.39 is 12.0 Å². The van der Waals surface area contributed by atoms with Gasteiger partial charge in [-0.2, -0.15) is 0 Å². The van der Waals surface area contributed by atoms with Gasteiger partial charge < -0.3 is 15.4 Å². The van der Waals surface area contributed by atoms with Crippen molar-refractivity contribution in [2.45, 2.75) is 9.79 Å². The molecule has 0 radical (unpaired) electrons. The van der Waals surface area contributed by atoms with E-state index in [1.807, 2.05) is 42.5 Å². The smallest absolute Gasteiger partial charge is 0.337 e. The zero-order valence-corrected chi connectivity index (χ0v) is 17.3.